The molecule has 0 aliphatic heterocycles. The Bertz CT molecular complexity index is 389. The fourth-order valence-corrected chi connectivity index (χ4v) is 1.81. The lowest BCUT2D eigenvalue weighted by Gasteiger charge is -2.29. The number of carboxylic acid groups (broad SMARTS) is 1. The van der Waals surface area contributed by atoms with Crippen LogP contribution in [0.5, 0.6) is 0 Å². The van der Waals surface area contributed by atoms with Crippen LogP contribution in [0.25, 0.3) is 0 Å². The van der Waals surface area contributed by atoms with E-state index in [4.69, 9.17) is 9.84 Å². The first kappa shape index (κ1) is 13.6. The number of nitrogens with zero attached hydrogens (tertiary/aromatic N) is 2. The molecule has 0 saturated heterocycles. The molecule has 17 heavy (non-hydrogen) atoms. The number of aromatic carboxylic acids is 1. The third-order valence-corrected chi connectivity index (χ3v) is 2.85. The summed E-state index contributed by atoms with van der Waals surface area (Å²) in [5.41, 5.74) is -0.582. The van der Waals surface area contributed by atoms with E-state index in [2.05, 4.69) is 9.97 Å². The van der Waals surface area contributed by atoms with Crippen LogP contribution in [0.15, 0.2) is 12.3 Å². The second kappa shape index (κ2) is 5.72. The molecule has 0 fully saturated rings. The van der Waals surface area contributed by atoms with Crippen LogP contribution in [0.2, 0.25) is 0 Å². The molecule has 5 nitrogen and oxygen atoms in total. The molecule has 1 N–H and O–H groups in total. The number of hydrogen-bond donors (Lipinski definition) is 1. The van der Waals surface area contributed by atoms with Gasteiger partial charge in [-0.1, -0.05) is 13.8 Å². The number of carboxylic acids is 1. The lowest BCUT2D eigenvalue weighted by Crippen LogP contribution is -2.31. The van der Waals surface area contributed by atoms with Gasteiger partial charge in [-0.05, 0) is 25.8 Å². The standard InChI is InChI=1S/C12H18N2O3/c1-4-12(5-2,17-6-3)11-13-8-7-9(14-11)10(15)16/h7-8H,4-6H2,1-3H3,(H,15,16). The van der Waals surface area contributed by atoms with Crippen molar-refractivity contribution >= 4 is 5.97 Å². The number of carbonyl (C=O) groups is 1. The van der Waals surface area contributed by atoms with Crippen LogP contribution in [-0.2, 0) is 10.3 Å². The first-order valence-electron chi connectivity index (χ1n) is 5.80. The maximum absolute atomic E-state index is 10.9. The lowest BCUT2D eigenvalue weighted by atomic mass is 9.96. The minimum Gasteiger partial charge on any atom is -0.477 e. The first-order chi connectivity index (χ1) is 8.09. The Hall–Kier alpha value is -1.49. The van der Waals surface area contributed by atoms with Gasteiger partial charge in [-0.3, -0.25) is 0 Å². The molecule has 0 radical (unpaired) electrons. The van der Waals surface area contributed by atoms with Crippen LogP contribution < -0.4 is 0 Å². The molecule has 1 aromatic heterocycles. The predicted octanol–water partition coefficient (Wildman–Crippen LogP) is 2.23. The topological polar surface area (TPSA) is 72.3 Å². The van der Waals surface area contributed by atoms with Gasteiger partial charge < -0.3 is 9.84 Å². The number of ether oxygens (including phenoxy) is 1. The van der Waals surface area contributed by atoms with Gasteiger partial charge >= 0.3 is 5.97 Å². The van der Waals surface area contributed by atoms with Crippen LogP contribution >= 0.6 is 0 Å². The van der Waals surface area contributed by atoms with Gasteiger partial charge in [-0.15, -0.1) is 0 Å². The summed E-state index contributed by atoms with van der Waals surface area (Å²) in [4.78, 5) is 19.1. The van der Waals surface area contributed by atoms with Crippen LogP contribution in [0, 0.1) is 0 Å². The molecule has 0 aromatic carbocycles. The Balaban J connectivity index is 3.18. The van der Waals surface area contributed by atoms with Gasteiger partial charge in [0.25, 0.3) is 0 Å². The van der Waals surface area contributed by atoms with E-state index in [9.17, 15) is 4.79 Å². The van der Waals surface area contributed by atoms with Crippen molar-refractivity contribution in [2.75, 3.05) is 6.61 Å². The van der Waals surface area contributed by atoms with E-state index < -0.39 is 11.6 Å². The number of aromatic nitrogens is 2. The van der Waals surface area contributed by atoms with Crippen molar-refractivity contribution in [3.63, 3.8) is 0 Å². The zero-order valence-electron chi connectivity index (χ0n) is 10.4. The van der Waals surface area contributed by atoms with Crippen molar-refractivity contribution < 1.29 is 14.6 Å². The SMILES string of the molecule is CCOC(CC)(CC)c1nccc(C(=O)O)n1. The van der Waals surface area contributed by atoms with Crippen molar-refractivity contribution in [3.05, 3.63) is 23.8 Å². The van der Waals surface area contributed by atoms with Gasteiger partial charge in [-0.2, -0.15) is 0 Å². The van der Waals surface area contributed by atoms with Gasteiger partial charge in [0.2, 0.25) is 0 Å². The normalized spacial score (nSPS) is 11.5. The van der Waals surface area contributed by atoms with E-state index in [1.54, 1.807) is 0 Å². The molecule has 0 aliphatic rings. The van der Waals surface area contributed by atoms with E-state index >= 15 is 0 Å². The Morgan fingerprint density at radius 3 is 2.53 bits per heavy atom. The van der Waals surface area contributed by atoms with Crippen molar-refractivity contribution in [1.29, 1.82) is 0 Å². The molecule has 5 heteroatoms. The summed E-state index contributed by atoms with van der Waals surface area (Å²) in [7, 11) is 0. The quantitative estimate of drug-likeness (QED) is 0.822. The molecular formula is C12H18N2O3. The largest absolute Gasteiger partial charge is 0.477 e. The highest BCUT2D eigenvalue weighted by Crippen LogP contribution is 2.30. The minimum absolute atomic E-state index is 0.000906. The van der Waals surface area contributed by atoms with Crippen LogP contribution in [0.3, 0.4) is 0 Å². The number of rotatable bonds is 6. The van der Waals surface area contributed by atoms with Gasteiger partial charge in [0, 0.05) is 12.8 Å². The van der Waals surface area contributed by atoms with Crippen LogP contribution in [0.1, 0.15) is 49.9 Å². The Kier molecular flexibility index (Phi) is 4.57. The van der Waals surface area contributed by atoms with E-state index in [0.29, 0.717) is 25.3 Å². The van der Waals surface area contributed by atoms with Crippen LogP contribution in [-0.4, -0.2) is 27.7 Å². The zero-order chi connectivity index (χ0) is 12.9. The highest BCUT2D eigenvalue weighted by atomic mass is 16.5. The molecule has 0 amide bonds. The lowest BCUT2D eigenvalue weighted by molar-refractivity contribution is -0.0572. The molecule has 1 aromatic rings. The second-order valence-electron chi connectivity index (χ2n) is 3.71. The summed E-state index contributed by atoms with van der Waals surface area (Å²) < 4.78 is 5.73. The van der Waals surface area contributed by atoms with E-state index in [1.807, 2.05) is 20.8 Å². The first-order valence-corrected chi connectivity index (χ1v) is 5.80. The molecule has 1 heterocycles. The highest BCUT2D eigenvalue weighted by Gasteiger charge is 2.32. The molecule has 0 atom stereocenters. The Labute approximate surface area is 101 Å². The molecular weight excluding hydrogens is 220 g/mol. The maximum atomic E-state index is 10.9. The average molecular weight is 238 g/mol. The second-order valence-corrected chi connectivity index (χ2v) is 3.71. The fraction of sp³-hybridized carbons (Fsp3) is 0.583. The van der Waals surface area contributed by atoms with Crippen molar-refractivity contribution in [2.45, 2.75) is 39.2 Å². The summed E-state index contributed by atoms with van der Waals surface area (Å²) >= 11 is 0. The molecule has 94 valence electrons. The van der Waals surface area contributed by atoms with Gasteiger partial charge in [0.1, 0.15) is 5.60 Å². The summed E-state index contributed by atoms with van der Waals surface area (Å²) in [6.07, 6.45) is 2.88. The van der Waals surface area contributed by atoms with Crippen molar-refractivity contribution in [3.8, 4) is 0 Å². The molecule has 0 spiro atoms. The molecule has 0 aliphatic carbocycles. The predicted molar refractivity (Wildman–Crippen MR) is 62.9 cm³/mol. The molecule has 1 rings (SSSR count). The third kappa shape index (κ3) is 2.79. The van der Waals surface area contributed by atoms with Crippen molar-refractivity contribution in [1.82, 2.24) is 9.97 Å². The average Bonchev–Trinajstić information content (AvgIpc) is 2.36. The molecule has 0 unspecified atom stereocenters. The minimum atomic E-state index is -1.05. The third-order valence-electron chi connectivity index (χ3n) is 2.85. The maximum Gasteiger partial charge on any atom is 0.354 e. The summed E-state index contributed by atoms with van der Waals surface area (Å²) in [6, 6.07) is 1.38. The summed E-state index contributed by atoms with van der Waals surface area (Å²) in [6.45, 7) is 6.41. The molecule has 0 saturated carbocycles. The van der Waals surface area contributed by atoms with E-state index in [-0.39, 0.29) is 5.69 Å². The summed E-state index contributed by atoms with van der Waals surface area (Å²) in [5, 5.41) is 8.92. The Morgan fingerprint density at radius 2 is 2.06 bits per heavy atom. The smallest absolute Gasteiger partial charge is 0.354 e. The fourth-order valence-electron chi connectivity index (χ4n) is 1.81. The molecule has 0 bridgehead atoms. The van der Waals surface area contributed by atoms with E-state index in [0.717, 1.165) is 0 Å². The van der Waals surface area contributed by atoms with Crippen molar-refractivity contribution in [2.24, 2.45) is 0 Å². The van der Waals surface area contributed by atoms with Gasteiger partial charge in [0.05, 0.1) is 0 Å². The summed E-state index contributed by atoms with van der Waals surface area (Å²) in [5.74, 6) is -0.601. The van der Waals surface area contributed by atoms with Gasteiger partial charge in [0.15, 0.2) is 11.5 Å². The Morgan fingerprint density at radius 1 is 1.41 bits per heavy atom. The highest BCUT2D eigenvalue weighted by molar-refractivity contribution is 5.85. The number of hydrogen-bond acceptors (Lipinski definition) is 4. The monoisotopic (exact) mass is 238 g/mol. The van der Waals surface area contributed by atoms with E-state index in [1.165, 1.54) is 12.3 Å². The van der Waals surface area contributed by atoms with Gasteiger partial charge in [-0.25, -0.2) is 14.8 Å². The zero-order valence-corrected chi connectivity index (χ0v) is 10.4. The van der Waals surface area contributed by atoms with Crippen LogP contribution in [0.4, 0.5) is 0 Å².